The fourth-order valence-electron chi connectivity index (χ4n) is 5.14. The number of allylic oxidation sites excluding steroid dienone is 2. The quantitative estimate of drug-likeness (QED) is 0.537. The van der Waals surface area contributed by atoms with Crippen molar-refractivity contribution >= 4 is 5.97 Å². The lowest BCUT2D eigenvalue weighted by molar-refractivity contribution is -0.219. The Balaban J connectivity index is 1.69. The second-order valence-corrected chi connectivity index (χ2v) is 9.65. The minimum Gasteiger partial charge on any atom is -0.466 e. The maximum Gasteiger partial charge on any atom is 0.305 e. The minimum absolute atomic E-state index is 0.129. The molecule has 5 heteroatoms. The number of hydrogen-bond acceptors (Lipinski definition) is 5. The number of carbonyl (C=O) groups is 1. The van der Waals surface area contributed by atoms with E-state index in [9.17, 15) is 4.79 Å². The summed E-state index contributed by atoms with van der Waals surface area (Å²) in [5, 5.41) is 0. The lowest BCUT2D eigenvalue weighted by Gasteiger charge is -2.44. The van der Waals surface area contributed by atoms with E-state index in [0.29, 0.717) is 37.7 Å². The lowest BCUT2D eigenvalue weighted by Crippen LogP contribution is -2.42. The van der Waals surface area contributed by atoms with Crippen LogP contribution in [0.1, 0.15) is 79.6 Å². The highest BCUT2D eigenvalue weighted by atomic mass is 16.7. The van der Waals surface area contributed by atoms with Gasteiger partial charge >= 0.3 is 5.97 Å². The van der Waals surface area contributed by atoms with Crippen molar-refractivity contribution in [1.82, 2.24) is 0 Å². The van der Waals surface area contributed by atoms with Crippen molar-refractivity contribution in [2.75, 3.05) is 13.7 Å². The van der Waals surface area contributed by atoms with Crippen molar-refractivity contribution in [3.05, 3.63) is 23.0 Å². The Morgan fingerprint density at radius 2 is 2.10 bits per heavy atom. The third kappa shape index (κ3) is 5.05. The number of carbonyl (C=O) groups excluding carboxylic acids is 1. The van der Waals surface area contributed by atoms with Gasteiger partial charge in [-0.1, -0.05) is 13.0 Å². The molecule has 0 spiro atoms. The molecule has 4 atom stereocenters. The zero-order valence-corrected chi connectivity index (χ0v) is 19.0. The number of esters is 1. The third-order valence-corrected chi connectivity index (χ3v) is 6.32. The van der Waals surface area contributed by atoms with Crippen LogP contribution in [-0.4, -0.2) is 37.2 Å². The van der Waals surface area contributed by atoms with Crippen LogP contribution in [0.5, 0.6) is 0 Å². The molecule has 0 aromatic heterocycles. The van der Waals surface area contributed by atoms with Crippen molar-refractivity contribution in [1.29, 1.82) is 0 Å². The van der Waals surface area contributed by atoms with E-state index in [0.717, 1.165) is 31.4 Å². The van der Waals surface area contributed by atoms with Crippen molar-refractivity contribution in [2.24, 2.45) is 11.8 Å². The van der Waals surface area contributed by atoms with Crippen molar-refractivity contribution in [3.8, 4) is 0 Å². The van der Waals surface area contributed by atoms with Gasteiger partial charge in [-0.05, 0) is 64.0 Å². The smallest absolute Gasteiger partial charge is 0.305 e. The van der Waals surface area contributed by atoms with Gasteiger partial charge in [0.2, 0.25) is 5.79 Å². The van der Waals surface area contributed by atoms with Crippen molar-refractivity contribution in [3.63, 3.8) is 0 Å². The molecule has 0 radical (unpaired) electrons. The average Bonchev–Trinajstić information content (AvgIpc) is 3.04. The maximum atomic E-state index is 11.7. The summed E-state index contributed by atoms with van der Waals surface area (Å²) >= 11 is 0. The fraction of sp³-hybridized carbons (Fsp3) is 0.792. The summed E-state index contributed by atoms with van der Waals surface area (Å²) in [6, 6.07) is 0. The van der Waals surface area contributed by atoms with Gasteiger partial charge in [-0.15, -0.1) is 0 Å². The monoisotopic (exact) mass is 406 g/mol. The van der Waals surface area contributed by atoms with Crippen molar-refractivity contribution in [2.45, 2.75) is 97.1 Å². The van der Waals surface area contributed by atoms with E-state index in [2.05, 4.69) is 33.8 Å². The summed E-state index contributed by atoms with van der Waals surface area (Å²) in [4.78, 5) is 11.7. The van der Waals surface area contributed by atoms with Gasteiger partial charge in [0.05, 0.1) is 18.3 Å². The van der Waals surface area contributed by atoms with E-state index in [1.165, 1.54) is 11.1 Å². The van der Waals surface area contributed by atoms with E-state index in [4.69, 9.17) is 18.9 Å². The molecule has 0 saturated carbocycles. The average molecular weight is 407 g/mol. The first kappa shape index (κ1) is 22.4. The molecule has 2 unspecified atom stereocenters. The van der Waals surface area contributed by atoms with E-state index in [1.807, 2.05) is 6.92 Å². The maximum absolute atomic E-state index is 11.7. The Hall–Kier alpha value is -1.33. The van der Waals surface area contributed by atoms with Crippen LogP contribution in [0.2, 0.25) is 0 Å². The molecule has 0 bridgehead atoms. The Kier molecular flexibility index (Phi) is 6.79. The standard InChI is InChI=1S/C24H38O5/c1-7-27-21(25)9-8-13-24(26-6)14-12-17-18-10-11-19(28-23(3,4)5)22(18)16(2)15-20(17)29-24/h10,16,19,22H,7-9,11-15H2,1-6H3/t16-,19+,22?,24?/m0/s1. The summed E-state index contributed by atoms with van der Waals surface area (Å²) in [6.07, 6.45) is 8.11. The Labute approximate surface area is 175 Å². The molecule has 1 heterocycles. The first-order valence-electron chi connectivity index (χ1n) is 11.2. The van der Waals surface area contributed by atoms with Crippen molar-refractivity contribution < 1.29 is 23.7 Å². The van der Waals surface area contributed by atoms with Gasteiger partial charge in [-0.25, -0.2) is 0 Å². The van der Waals surface area contributed by atoms with Gasteiger partial charge in [-0.3, -0.25) is 4.79 Å². The number of methoxy groups -OCH3 is 1. The molecule has 1 aliphatic heterocycles. The fourth-order valence-corrected chi connectivity index (χ4v) is 5.14. The third-order valence-electron chi connectivity index (χ3n) is 6.32. The molecule has 0 N–H and O–H groups in total. The van der Waals surface area contributed by atoms with Crippen LogP contribution >= 0.6 is 0 Å². The van der Waals surface area contributed by atoms with Crippen LogP contribution in [0.4, 0.5) is 0 Å². The lowest BCUT2D eigenvalue weighted by atomic mass is 9.73. The highest BCUT2D eigenvalue weighted by Gasteiger charge is 2.46. The zero-order chi connectivity index (χ0) is 21.2. The molecule has 3 rings (SSSR count). The predicted molar refractivity (Wildman–Crippen MR) is 112 cm³/mol. The zero-order valence-electron chi connectivity index (χ0n) is 19.0. The molecule has 0 amide bonds. The molecular weight excluding hydrogens is 368 g/mol. The van der Waals surface area contributed by atoms with Crippen LogP contribution in [-0.2, 0) is 23.7 Å². The van der Waals surface area contributed by atoms with Crippen LogP contribution in [0, 0.1) is 11.8 Å². The van der Waals surface area contributed by atoms with E-state index < -0.39 is 5.79 Å². The number of fused-ring (bicyclic) bond motifs is 2. The predicted octanol–water partition coefficient (Wildman–Crippen LogP) is 5.30. The highest BCUT2D eigenvalue weighted by Crippen LogP contribution is 2.52. The summed E-state index contributed by atoms with van der Waals surface area (Å²) < 4.78 is 23.8. The molecule has 0 saturated heterocycles. The van der Waals surface area contributed by atoms with E-state index in [1.54, 1.807) is 7.11 Å². The Morgan fingerprint density at radius 3 is 2.76 bits per heavy atom. The van der Waals surface area contributed by atoms with Gasteiger partial charge in [0.1, 0.15) is 5.76 Å². The SMILES string of the molecule is CCOC(=O)CCCC1(OC)CCC2=C(C[C@H](C)C3C2=CC[C@H]3OC(C)(C)C)O1. The van der Waals surface area contributed by atoms with Crippen LogP contribution in [0.25, 0.3) is 0 Å². The molecule has 29 heavy (non-hydrogen) atoms. The van der Waals surface area contributed by atoms with Gasteiger partial charge in [0, 0.05) is 38.7 Å². The second kappa shape index (κ2) is 8.81. The topological polar surface area (TPSA) is 54.0 Å². The van der Waals surface area contributed by atoms with Gasteiger partial charge in [-0.2, -0.15) is 0 Å². The molecule has 5 nitrogen and oxygen atoms in total. The molecule has 3 aliphatic rings. The number of rotatable bonds is 7. The second-order valence-electron chi connectivity index (χ2n) is 9.65. The Morgan fingerprint density at radius 1 is 1.34 bits per heavy atom. The summed E-state index contributed by atoms with van der Waals surface area (Å²) in [5.74, 6) is 1.24. The summed E-state index contributed by atoms with van der Waals surface area (Å²) in [5.41, 5.74) is 2.67. The molecule has 0 fully saturated rings. The minimum atomic E-state index is -0.627. The van der Waals surface area contributed by atoms with Gasteiger partial charge in [0.25, 0.3) is 0 Å². The van der Waals surface area contributed by atoms with Crippen LogP contribution < -0.4 is 0 Å². The molecule has 0 aromatic carbocycles. The normalized spacial score (nSPS) is 31.7. The summed E-state index contributed by atoms with van der Waals surface area (Å²) in [7, 11) is 1.72. The van der Waals surface area contributed by atoms with Gasteiger partial charge < -0.3 is 18.9 Å². The molecule has 164 valence electrons. The number of hydrogen-bond donors (Lipinski definition) is 0. The van der Waals surface area contributed by atoms with E-state index >= 15 is 0 Å². The van der Waals surface area contributed by atoms with Crippen LogP contribution in [0.15, 0.2) is 23.0 Å². The van der Waals surface area contributed by atoms with Crippen LogP contribution in [0.3, 0.4) is 0 Å². The number of ether oxygens (including phenoxy) is 4. The molecule has 0 aromatic rings. The Bertz CT molecular complexity index is 671. The highest BCUT2D eigenvalue weighted by molar-refractivity contribution is 5.69. The largest absolute Gasteiger partial charge is 0.466 e. The van der Waals surface area contributed by atoms with E-state index in [-0.39, 0.29) is 17.7 Å². The molecule has 2 aliphatic carbocycles. The first-order chi connectivity index (χ1) is 13.7. The first-order valence-corrected chi connectivity index (χ1v) is 11.2. The summed E-state index contributed by atoms with van der Waals surface area (Å²) in [6.45, 7) is 11.0. The van der Waals surface area contributed by atoms with Gasteiger partial charge in [0.15, 0.2) is 0 Å². The molecular formula is C24H38O5.